The molecule has 2 aromatic carbocycles. The molecule has 0 saturated heterocycles. The maximum absolute atomic E-state index is 12.6. The smallest absolute Gasteiger partial charge is 0.238 e. The first-order valence-electron chi connectivity index (χ1n) is 9.97. The van der Waals surface area contributed by atoms with Crippen LogP contribution in [0.1, 0.15) is 33.3 Å². The second kappa shape index (κ2) is 9.05. The Balaban J connectivity index is 1.68. The summed E-state index contributed by atoms with van der Waals surface area (Å²) in [6, 6.07) is 13.9. The van der Waals surface area contributed by atoms with E-state index in [0.717, 1.165) is 11.4 Å². The first-order chi connectivity index (χ1) is 14.9. The number of sulfonamides is 1. The van der Waals surface area contributed by atoms with Crippen LogP contribution < -0.4 is 10.5 Å². The molecule has 1 unspecified atom stereocenters. The zero-order chi connectivity index (χ0) is 23.7. The molecule has 1 atom stereocenters. The molecule has 10 heteroatoms. The summed E-state index contributed by atoms with van der Waals surface area (Å²) in [5.74, 6) is 0.483. The molecule has 0 aliphatic carbocycles. The number of hydrogen-bond acceptors (Lipinski definition) is 6. The molecular weight excluding hydrogens is 446 g/mol. The molecule has 0 saturated carbocycles. The van der Waals surface area contributed by atoms with Crippen molar-refractivity contribution in [2.75, 3.05) is 5.32 Å². The first-order valence-corrected chi connectivity index (χ1v) is 12.4. The molecule has 0 fully saturated rings. The summed E-state index contributed by atoms with van der Waals surface area (Å²) in [4.78, 5) is 12.6. The highest BCUT2D eigenvalue weighted by atomic mass is 32.2. The van der Waals surface area contributed by atoms with Crippen LogP contribution in [0.3, 0.4) is 0 Å². The van der Waals surface area contributed by atoms with Crippen LogP contribution in [-0.4, -0.2) is 34.3 Å². The molecule has 3 aromatic rings. The van der Waals surface area contributed by atoms with E-state index in [2.05, 4.69) is 48.4 Å². The highest BCUT2D eigenvalue weighted by Crippen LogP contribution is 2.28. The van der Waals surface area contributed by atoms with Crippen LogP contribution in [0, 0.1) is 0 Å². The van der Waals surface area contributed by atoms with Gasteiger partial charge in [0.2, 0.25) is 15.9 Å². The molecule has 32 heavy (non-hydrogen) atoms. The van der Waals surface area contributed by atoms with Gasteiger partial charge in [-0.1, -0.05) is 56.8 Å². The largest absolute Gasteiger partial charge is 0.325 e. The Kier molecular flexibility index (Phi) is 6.77. The molecule has 0 aliphatic rings. The first kappa shape index (κ1) is 24.0. The molecule has 170 valence electrons. The fourth-order valence-electron chi connectivity index (χ4n) is 2.97. The molecule has 1 amide bonds. The number of nitrogens with two attached hydrogens (primary N) is 1. The average molecular weight is 474 g/mol. The summed E-state index contributed by atoms with van der Waals surface area (Å²) in [7, 11) is -1.91. The van der Waals surface area contributed by atoms with Gasteiger partial charge in [-0.05, 0) is 42.2 Å². The van der Waals surface area contributed by atoms with Crippen molar-refractivity contribution in [1.29, 1.82) is 0 Å². The lowest BCUT2D eigenvalue weighted by atomic mass is 9.87. The number of amides is 1. The fourth-order valence-corrected chi connectivity index (χ4v) is 4.30. The number of nitrogens with zero attached hydrogens (tertiary/aromatic N) is 3. The minimum atomic E-state index is -3.78. The van der Waals surface area contributed by atoms with Crippen molar-refractivity contribution in [2.45, 2.75) is 48.4 Å². The molecule has 1 aromatic heterocycles. The van der Waals surface area contributed by atoms with E-state index in [1.807, 2.05) is 23.7 Å². The van der Waals surface area contributed by atoms with E-state index in [9.17, 15) is 13.2 Å². The van der Waals surface area contributed by atoms with Crippen molar-refractivity contribution in [3.63, 3.8) is 0 Å². The lowest BCUT2D eigenvalue weighted by Crippen LogP contribution is -2.23. The van der Waals surface area contributed by atoms with Crippen LogP contribution in [0.4, 0.5) is 5.69 Å². The Morgan fingerprint density at radius 1 is 1.06 bits per heavy atom. The number of carbonyl (C=O) groups excluding carboxylic acids is 1. The standard InChI is InChI=1S/C22H27N5O3S2/c1-14(20(28)24-17-10-12-18(13-11-17)32(23,29)30)31-21-26-25-19(27(21)5)15-6-8-16(9-7-15)22(2,3)4/h6-14H,1-5H3,(H,24,28)(H2,23,29,30). The number of anilines is 1. The second-order valence-electron chi connectivity index (χ2n) is 8.51. The maximum atomic E-state index is 12.6. The van der Waals surface area contributed by atoms with Gasteiger partial charge in [-0.25, -0.2) is 13.6 Å². The minimum absolute atomic E-state index is 0.0138. The number of rotatable bonds is 6. The number of thioether (sulfide) groups is 1. The third-order valence-electron chi connectivity index (χ3n) is 4.95. The normalized spacial score (nSPS) is 13.1. The van der Waals surface area contributed by atoms with Crippen LogP contribution in [-0.2, 0) is 27.3 Å². The van der Waals surface area contributed by atoms with Crippen LogP contribution in [0.25, 0.3) is 11.4 Å². The highest BCUT2D eigenvalue weighted by Gasteiger charge is 2.20. The van der Waals surface area contributed by atoms with Gasteiger partial charge < -0.3 is 9.88 Å². The maximum Gasteiger partial charge on any atom is 0.238 e. The van der Waals surface area contributed by atoms with Gasteiger partial charge in [0, 0.05) is 18.3 Å². The van der Waals surface area contributed by atoms with E-state index in [-0.39, 0.29) is 16.2 Å². The van der Waals surface area contributed by atoms with Crippen LogP contribution in [0.15, 0.2) is 58.6 Å². The monoisotopic (exact) mass is 473 g/mol. The molecular formula is C22H27N5O3S2. The van der Waals surface area contributed by atoms with Gasteiger partial charge in [0.05, 0.1) is 10.1 Å². The third kappa shape index (κ3) is 5.56. The molecule has 0 aliphatic heterocycles. The minimum Gasteiger partial charge on any atom is -0.325 e. The molecule has 3 rings (SSSR count). The van der Waals surface area contributed by atoms with E-state index in [4.69, 9.17) is 5.14 Å². The van der Waals surface area contributed by atoms with E-state index in [1.54, 1.807) is 6.92 Å². The van der Waals surface area contributed by atoms with Gasteiger partial charge >= 0.3 is 0 Å². The van der Waals surface area contributed by atoms with Crippen molar-refractivity contribution in [1.82, 2.24) is 14.8 Å². The number of benzene rings is 2. The van der Waals surface area contributed by atoms with Crippen LogP contribution >= 0.6 is 11.8 Å². The van der Waals surface area contributed by atoms with Crippen LogP contribution in [0.5, 0.6) is 0 Å². The van der Waals surface area contributed by atoms with Crippen molar-refractivity contribution in [3.05, 3.63) is 54.1 Å². The lowest BCUT2D eigenvalue weighted by molar-refractivity contribution is -0.115. The van der Waals surface area contributed by atoms with E-state index in [0.29, 0.717) is 10.8 Å². The highest BCUT2D eigenvalue weighted by molar-refractivity contribution is 8.00. The predicted octanol–water partition coefficient (Wildman–Crippen LogP) is 3.55. The molecule has 0 radical (unpaired) electrons. The summed E-state index contributed by atoms with van der Waals surface area (Å²) in [5, 5.41) is 16.6. The quantitative estimate of drug-likeness (QED) is 0.528. The summed E-state index contributed by atoms with van der Waals surface area (Å²) >= 11 is 1.29. The Morgan fingerprint density at radius 3 is 2.19 bits per heavy atom. The van der Waals surface area contributed by atoms with Gasteiger partial charge in [-0.15, -0.1) is 10.2 Å². The molecule has 0 spiro atoms. The Bertz CT molecular complexity index is 1210. The molecule has 3 N–H and O–H groups in total. The predicted molar refractivity (Wildman–Crippen MR) is 127 cm³/mol. The Labute approximate surface area is 192 Å². The van der Waals surface area contributed by atoms with Crippen molar-refractivity contribution in [2.24, 2.45) is 12.2 Å². The topological polar surface area (TPSA) is 120 Å². The van der Waals surface area contributed by atoms with E-state index < -0.39 is 15.3 Å². The summed E-state index contributed by atoms with van der Waals surface area (Å²) in [5.41, 5.74) is 2.74. The Hall–Kier alpha value is -2.69. The summed E-state index contributed by atoms with van der Waals surface area (Å²) in [6.07, 6.45) is 0. The number of nitrogens with one attached hydrogen (secondary N) is 1. The second-order valence-corrected chi connectivity index (χ2v) is 11.4. The SMILES string of the molecule is CC(Sc1nnc(-c2ccc(C(C)(C)C)cc2)n1C)C(=O)Nc1ccc(S(N)(=O)=O)cc1. The molecule has 8 nitrogen and oxygen atoms in total. The van der Waals surface area contributed by atoms with Gasteiger partial charge in [0.25, 0.3) is 0 Å². The van der Waals surface area contributed by atoms with Crippen molar-refractivity contribution >= 4 is 33.4 Å². The lowest BCUT2D eigenvalue weighted by Gasteiger charge is -2.19. The number of aromatic nitrogens is 3. The molecule has 0 bridgehead atoms. The number of carbonyl (C=O) groups is 1. The van der Waals surface area contributed by atoms with Gasteiger partial charge in [-0.2, -0.15) is 0 Å². The summed E-state index contributed by atoms with van der Waals surface area (Å²) < 4.78 is 24.6. The zero-order valence-corrected chi connectivity index (χ0v) is 20.3. The zero-order valence-electron chi connectivity index (χ0n) is 18.7. The molecule has 1 heterocycles. The van der Waals surface area contributed by atoms with Crippen LogP contribution in [0.2, 0.25) is 0 Å². The Morgan fingerprint density at radius 2 is 1.66 bits per heavy atom. The van der Waals surface area contributed by atoms with Crippen molar-refractivity contribution in [3.8, 4) is 11.4 Å². The fraction of sp³-hybridized carbons (Fsp3) is 0.318. The van der Waals surface area contributed by atoms with Gasteiger partial charge in [-0.3, -0.25) is 4.79 Å². The van der Waals surface area contributed by atoms with E-state index >= 15 is 0 Å². The third-order valence-corrected chi connectivity index (χ3v) is 7.01. The van der Waals surface area contributed by atoms with Gasteiger partial charge in [0.1, 0.15) is 0 Å². The average Bonchev–Trinajstić information content (AvgIpc) is 3.07. The summed E-state index contributed by atoms with van der Waals surface area (Å²) in [6.45, 7) is 8.27. The van der Waals surface area contributed by atoms with Gasteiger partial charge in [0.15, 0.2) is 11.0 Å². The van der Waals surface area contributed by atoms with E-state index in [1.165, 1.54) is 41.6 Å². The number of primary sulfonamides is 1. The number of hydrogen-bond donors (Lipinski definition) is 2. The van der Waals surface area contributed by atoms with Crippen molar-refractivity contribution < 1.29 is 13.2 Å².